The Hall–Kier alpha value is -2.82. The number of hydrogen-bond donors (Lipinski definition) is 0. The van der Waals surface area contributed by atoms with Gasteiger partial charge in [0.25, 0.3) is 5.91 Å². The second kappa shape index (κ2) is 5.76. The average Bonchev–Trinajstić information content (AvgIpc) is 3.06. The van der Waals surface area contributed by atoms with Crippen LogP contribution < -0.4 is 0 Å². The lowest BCUT2D eigenvalue weighted by Gasteiger charge is -2.21. The lowest BCUT2D eigenvalue weighted by atomic mass is 10.1. The number of amides is 1. The molecule has 0 spiro atoms. The van der Waals surface area contributed by atoms with Crippen molar-refractivity contribution in [2.45, 2.75) is 25.4 Å². The van der Waals surface area contributed by atoms with Crippen LogP contribution in [0.25, 0.3) is 11.3 Å². The predicted octanol–water partition coefficient (Wildman–Crippen LogP) is 3.74. The van der Waals surface area contributed by atoms with Crippen molar-refractivity contribution in [1.82, 2.24) is 9.88 Å². The Bertz CT molecular complexity index is 772. The van der Waals surface area contributed by atoms with E-state index in [2.05, 4.69) is 4.98 Å². The van der Waals surface area contributed by atoms with Crippen LogP contribution in [0.1, 0.15) is 29.0 Å². The van der Waals surface area contributed by atoms with Gasteiger partial charge >= 0.3 is 0 Å². The number of rotatable bonds is 5. The second-order valence-electron chi connectivity index (χ2n) is 5.69. The summed E-state index contributed by atoms with van der Waals surface area (Å²) >= 11 is 0. The average molecular weight is 308 g/mol. The zero-order valence-corrected chi connectivity index (χ0v) is 12.5. The number of nitrogens with zero attached hydrogens (tertiary/aromatic N) is 2. The Morgan fingerprint density at radius 2 is 2.00 bits per heavy atom. The maximum Gasteiger partial charge on any atom is 0.254 e. The van der Waals surface area contributed by atoms with Gasteiger partial charge in [0.2, 0.25) is 0 Å². The number of hydrogen-bond acceptors (Lipinski definition) is 4. The summed E-state index contributed by atoms with van der Waals surface area (Å²) in [5, 5.41) is 0. The Kier molecular flexibility index (Phi) is 3.46. The van der Waals surface area contributed by atoms with E-state index in [-0.39, 0.29) is 5.91 Å². The highest BCUT2D eigenvalue weighted by molar-refractivity contribution is 5.95. The number of carbonyl (C=O) groups excluding carboxylic acids is 1. The number of oxazole rings is 1. The Balaban J connectivity index is 1.54. The molecule has 5 nitrogen and oxygen atoms in total. The van der Waals surface area contributed by atoms with Gasteiger partial charge in [0, 0.05) is 17.2 Å². The van der Waals surface area contributed by atoms with Crippen LogP contribution in [0.5, 0.6) is 0 Å². The molecule has 1 aliphatic carbocycles. The molecule has 0 radical (unpaired) electrons. The predicted molar refractivity (Wildman–Crippen MR) is 83.5 cm³/mol. The van der Waals surface area contributed by atoms with Crippen LogP contribution in [0.3, 0.4) is 0 Å². The number of aromatic nitrogens is 1. The standard InChI is InChI=1S/C18H16N2O3/c21-18(20(15-7-8-15)11-16-2-1-9-22-16)14-5-3-13(4-6-14)17-10-19-12-23-17/h1-6,9-10,12,15H,7-8,11H2. The van der Waals surface area contributed by atoms with Gasteiger partial charge in [0.1, 0.15) is 5.76 Å². The number of benzene rings is 1. The molecule has 2 aromatic heterocycles. The first kappa shape index (κ1) is 13.8. The fraction of sp³-hybridized carbons (Fsp3) is 0.222. The van der Waals surface area contributed by atoms with Gasteiger partial charge < -0.3 is 13.7 Å². The van der Waals surface area contributed by atoms with Crippen LogP contribution in [0, 0.1) is 0 Å². The van der Waals surface area contributed by atoms with E-state index < -0.39 is 0 Å². The quantitative estimate of drug-likeness (QED) is 0.720. The lowest BCUT2D eigenvalue weighted by molar-refractivity contribution is 0.0717. The largest absolute Gasteiger partial charge is 0.467 e. The molecule has 1 saturated carbocycles. The molecule has 0 bridgehead atoms. The first-order valence-electron chi connectivity index (χ1n) is 7.63. The minimum atomic E-state index is 0.0352. The molecule has 1 aromatic carbocycles. The van der Waals surface area contributed by atoms with Crippen LogP contribution in [0.2, 0.25) is 0 Å². The van der Waals surface area contributed by atoms with E-state index in [1.807, 2.05) is 41.3 Å². The van der Waals surface area contributed by atoms with Crippen LogP contribution >= 0.6 is 0 Å². The monoisotopic (exact) mass is 308 g/mol. The minimum absolute atomic E-state index is 0.0352. The molecule has 4 rings (SSSR count). The van der Waals surface area contributed by atoms with Gasteiger partial charge in [-0.25, -0.2) is 4.98 Å². The fourth-order valence-corrected chi connectivity index (χ4v) is 2.62. The summed E-state index contributed by atoms with van der Waals surface area (Å²) in [6.07, 6.45) is 6.80. The van der Waals surface area contributed by atoms with Crippen molar-refractivity contribution in [1.29, 1.82) is 0 Å². The normalized spacial score (nSPS) is 13.9. The van der Waals surface area contributed by atoms with Crippen molar-refractivity contribution < 1.29 is 13.6 Å². The van der Waals surface area contributed by atoms with Crippen molar-refractivity contribution in [2.24, 2.45) is 0 Å². The molecule has 0 atom stereocenters. The van der Waals surface area contributed by atoms with Crippen LogP contribution in [0.15, 0.2) is 64.1 Å². The van der Waals surface area contributed by atoms with Crippen LogP contribution in [-0.2, 0) is 6.54 Å². The number of furan rings is 1. The maximum atomic E-state index is 12.8. The van der Waals surface area contributed by atoms with E-state index in [0.29, 0.717) is 23.9 Å². The molecule has 0 unspecified atom stereocenters. The molecule has 1 fully saturated rings. The third-order valence-electron chi connectivity index (χ3n) is 4.00. The van der Waals surface area contributed by atoms with E-state index in [1.165, 1.54) is 6.39 Å². The SMILES string of the molecule is O=C(c1ccc(-c2cnco2)cc1)N(Cc1ccco1)C1CC1. The Morgan fingerprint density at radius 3 is 2.61 bits per heavy atom. The molecule has 5 heteroatoms. The van der Waals surface area contributed by atoms with E-state index in [0.717, 1.165) is 24.2 Å². The van der Waals surface area contributed by atoms with Gasteiger partial charge in [-0.1, -0.05) is 12.1 Å². The van der Waals surface area contributed by atoms with Gasteiger partial charge in [-0.3, -0.25) is 4.79 Å². The highest BCUT2D eigenvalue weighted by Crippen LogP contribution is 2.30. The van der Waals surface area contributed by atoms with Crippen molar-refractivity contribution in [3.63, 3.8) is 0 Å². The minimum Gasteiger partial charge on any atom is -0.467 e. The molecule has 1 amide bonds. The number of carbonyl (C=O) groups is 1. The lowest BCUT2D eigenvalue weighted by Crippen LogP contribution is -2.32. The topological polar surface area (TPSA) is 59.5 Å². The molecule has 0 N–H and O–H groups in total. The summed E-state index contributed by atoms with van der Waals surface area (Å²) < 4.78 is 10.6. The molecule has 0 saturated heterocycles. The van der Waals surface area contributed by atoms with Crippen molar-refractivity contribution in [3.8, 4) is 11.3 Å². The van der Waals surface area contributed by atoms with E-state index in [4.69, 9.17) is 8.83 Å². The molecular weight excluding hydrogens is 292 g/mol. The summed E-state index contributed by atoms with van der Waals surface area (Å²) in [6, 6.07) is 11.5. The van der Waals surface area contributed by atoms with Gasteiger partial charge in [0.15, 0.2) is 12.2 Å². The molecule has 1 aliphatic rings. The summed E-state index contributed by atoms with van der Waals surface area (Å²) in [7, 11) is 0. The first-order valence-corrected chi connectivity index (χ1v) is 7.63. The van der Waals surface area contributed by atoms with E-state index >= 15 is 0 Å². The molecule has 0 aliphatic heterocycles. The zero-order chi connectivity index (χ0) is 15.6. The first-order chi connectivity index (χ1) is 11.3. The smallest absolute Gasteiger partial charge is 0.254 e. The highest BCUT2D eigenvalue weighted by atomic mass is 16.3. The van der Waals surface area contributed by atoms with Gasteiger partial charge in [-0.2, -0.15) is 0 Å². The van der Waals surface area contributed by atoms with Crippen molar-refractivity contribution >= 4 is 5.91 Å². The Morgan fingerprint density at radius 1 is 1.17 bits per heavy atom. The Labute approximate surface area is 133 Å². The van der Waals surface area contributed by atoms with Gasteiger partial charge in [0.05, 0.1) is 19.0 Å². The van der Waals surface area contributed by atoms with Gasteiger partial charge in [-0.15, -0.1) is 0 Å². The summed E-state index contributed by atoms with van der Waals surface area (Å²) in [4.78, 5) is 18.6. The van der Waals surface area contributed by atoms with Gasteiger partial charge in [-0.05, 0) is 37.1 Å². The summed E-state index contributed by atoms with van der Waals surface area (Å²) in [6.45, 7) is 0.514. The maximum absolute atomic E-state index is 12.8. The van der Waals surface area contributed by atoms with Crippen molar-refractivity contribution in [2.75, 3.05) is 0 Å². The van der Waals surface area contributed by atoms with Crippen LogP contribution in [-0.4, -0.2) is 21.8 Å². The molecule has 23 heavy (non-hydrogen) atoms. The molecule has 116 valence electrons. The van der Waals surface area contributed by atoms with Crippen LogP contribution in [0.4, 0.5) is 0 Å². The molecule has 2 heterocycles. The van der Waals surface area contributed by atoms with E-state index in [1.54, 1.807) is 12.5 Å². The van der Waals surface area contributed by atoms with Crippen molar-refractivity contribution in [3.05, 3.63) is 66.6 Å². The third kappa shape index (κ3) is 2.90. The molecular formula is C18H16N2O3. The summed E-state index contributed by atoms with van der Waals surface area (Å²) in [5.74, 6) is 1.54. The fourth-order valence-electron chi connectivity index (χ4n) is 2.62. The summed E-state index contributed by atoms with van der Waals surface area (Å²) in [5.41, 5.74) is 1.58. The van der Waals surface area contributed by atoms with E-state index in [9.17, 15) is 4.79 Å². The second-order valence-corrected chi connectivity index (χ2v) is 5.69. The molecule has 3 aromatic rings. The highest BCUT2D eigenvalue weighted by Gasteiger charge is 2.33. The zero-order valence-electron chi connectivity index (χ0n) is 12.5. The third-order valence-corrected chi connectivity index (χ3v) is 4.00.